The van der Waals surface area contributed by atoms with Gasteiger partial charge in [-0.15, -0.1) is 0 Å². The minimum absolute atomic E-state index is 0.188. The summed E-state index contributed by atoms with van der Waals surface area (Å²) in [5, 5.41) is 0. The molecule has 1 aromatic carbocycles. The van der Waals surface area contributed by atoms with E-state index < -0.39 is 0 Å². The summed E-state index contributed by atoms with van der Waals surface area (Å²) in [5.74, 6) is 0.858. The van der Waals surface area contributed by atoms with Crippen LogP contribution in [0.3, 0.4) is 0 Å². The number of aliphatic imine (C=N–C) groups is 1. The second-order valence-corrected chi connectivity index (χ2v) is 5.83. The van der Waals surface area contributed by atoms with Crippen LogP contribution in [0.5, 0.6) is 11.5 Å². The number of carbonyl (C=O) groups is 1. The number of unbranched alkanes of at least 4 members (excludes halogenated alkanes) is 1. The van der Waals surface area contributed by atoms with Crippen LogP contribution in [-0.2, 0) is 16.0 Å². The maximum Gasteiger partial charge on any atom is 0.315 e. The Hall–Kier alpha value is -2.04. The Kier molecular flexibility index (Phi) is 6.64. The molecule has 132 valence electrons. The van der Waals surface area contributed by atoms with Gasteiger partial charge in [-0.25, -0.2) is 0 Å². The molecule has 0 saturated carbocycles. The fourth-order valence-electron chi connectivity index (χ4n) is 3.06. The highest BCUT2D eigenvalue weighted by Crippen LogP contribution is 2.34. The number of hydrogen-bond donors (Lipinski definition) is 0. The van der Waals surface area contributed by atoms with Gasteiger partial charge in [-0.05, 0) is 37.5 Å². The zero-order valence-corrected chi connectivity index (χ0v) is 15.1. The molecule has 1 atom stereocenters. The fourth-order valence-corrected chi connectivity index (χ4v) is 3.06. The van der Waals surface area contributed by atoms with Crippen molar-refractivity contribution in [1.82, 2.24) is 0 Å². The summed E-state index contributed by atoms with van der Waals surface area (Å²) in [6, 6.07) is 3.93. The van der Waals surface area contributed by atoms with Crippen molar-refractivity contribution >= 4 is 11.7 Å². The maximum atomic E-state index is 12.5. The lowest BCUT2D eigenvalue weighted by atomic mass is 9.86. The van der Waals surface area contributed by atoms with Crippen molar-refractivity contribution in [3.63, 3.8) is 0 Å². The Morgan fingerprint density at radius 2 is 1.92 bits per heavy atom. The second-order valence-electron chi connectivity index (χ2n) is 5.83. The van der Waals surface area contributed by atoms with Gasteiger partial charge >= 0.3 is 5.97 Å². The molecule has 24 heavy (non-hydrogen) atoms. The van der Waals surface area contributed by atoms with Crippen molar-refractivity contribution in [1.29, 1.82) is 0 Å². The van der Waals surface area contributed by atoms with Crippen molar-refractivity contribution < 1.29 is 19.0 Å². The van der Waals surface area contributed by atoms with Crippen LogP contribution in [0.4, 0.5) is 0 Å². The number of nitrogens with zero attached hydrogens (tertiary/aromatic N) is 1. The van der Waals surface area contributed by atoms with Crippen LogP contribution in [0.1, 0.15) is 44.2 Å². The summed E-state index contributed by atoms with van der Waals surface area (Å²) in [5.41, 5.74) is 2.95. The average molecular weight is 333 g/mol. The van der Waals surface area contributed by atoms with Crippen molar-refractivity contribution in [2.24, 2.45) is 10.9 Å². The molecule has 1 aromatic rings. The molecule has 1 heterocycles. The molecule has 1 aliphatic heterocycles. The number of carbonyl (C=O) groups excluding carboxylic acids is 1. The first kappa shape index (κ1) is 18.3. The first-order chi connectivity index (χ1) is 11.7. The molecular weight excluding hydrogens is 306 g/mol. The standard InChI is InChI=1S/C19H27NO4/c1-5-7-8-14(19(21)24-6-2)18-15-12-17(23-4)16(22-3)11-13(15)9-10-20-18/h11-12,14H,5-10H2,1-4H3. The Balaban J connectivity index is 2.42. The average Bonchev–Trinajstić information content (AvgIpc) is 2.61. The number of benzene rings is 1. The Labute approximate surface area is 144 Å². The van der Waals surface area contributed by atoms with Crippen LogP contribution in [0.15, 0.2) is 17.1 Å². The van der Waals surface area contributed by atoms with Crippen molar-refractivity contribution in [2.75, 3.05) is 27.4 Å². The summed E-state index contributed by atoms with van der Waals surface area (Å²) >= 11 is 0. The predicted molar refractivity (Wildman–Crippen MR) is 94.3 cm³/mol. The van der Waals surface area contributed by atoms with E-state index in [2.05, 4.69) is 11.9 Å². The summed E-state index contributed by atoms with van der Waals surface area (Å²) in [6.45, 7) is 5.01. The van der Waals surface area contributed by atoms with E-state index in [9.17, 15) is 4.79 Å². The van der Waals surface area contributed by atoms with E-state index in [1.54, 1.807) is 14.2 Å². The lowest BCUT2D eigenvalue weighted by Gasteiger charge is -2.24. The Morgan fingerprint density at radius 3 is 2.54 bits per heavy atom. The predicted octanol–water partition coefficient (Wildman–Crippen LogP) is 3.42. The minimum Gasteiger partial charge on any atom is -0.493 e. The minimum atomic E-state index is -0.318. The molecule has 0 aliphatic carbocycles. The molecule has 0 N–H and O–H groups in total. The van der Waals surface area contributed by atoms with Crippen LogP contribution in [0.2, 0.25) is 0 Å². The van der Waals surface area contributed by atoms with E-state index in [0.29, 0.717) is 24.7 Å². The number of ether oxygens (including phenoxy) is 3. The highest BCUT2D eigenvalue weighted by atomic mass is 16.5. The van der Waals surface area contributed by atoms with Gasteiger partial charge in [0.2, 0.25) is 0 Å². The third-order valence-electron chi connectivity index (χ3n) is 4.30. The first-order valence-corrected chi connectivity index (χ1v) is 8.62. The fraction of sp³-hybridized carbons (Fsp3) is 0.579. The molecular formula is C19H27NO4. The molecule has 0 fully saturated rings. The lowest BCUT2D eigenvalue weighted by molar-refractivity contribution is -0.145. The number of hydrogen-bond acceptors (Lipinski definition) is 5. The highest BCUT2D eigenvalue weighted by Gasteiger charge is 2.30. The monoisotopic (exact) mass is 333 g/mol. The molecule has 5 nitrogen and oxygen atoms in total. The van der Waals surface area contributed by atoms with Crippen LogP contribution in [0, 0.1) is 5.92 Å². The van der Waals surface area contributed by atoms with Crippen molar-refractivity contribution in [2.45, 2.75) is 39.5 Å². The van der Waals surface area contributed by atoms with E-state index >= 15 is 0 Å². The maximum absolute atomic E-state index is 12.5. The summed E-state index contributed by atoms with van der Waals surface area (Å²) in [6.07, 6.45) is 3.58. The quantitative estimate of drug-likeness (QED) is 0.684. The SMILES string of the molecule is CCCCC(C(=O)OCC)C1=NCCc2cc(OC)c(OC)cc21. The van der Waals surface area contributed by atoms with Crippen LogP contribution < -0.4 is 9.47 Å². The van der Waals surface area contributed by atoms with Gasteiger partial charge in [-0.3, -0.25) is 9.79 Å². The van der Waals surface area contributed by atoms with Crippen molar-refractivity contribution in [3.05, 3.63) is 23.3 Å². The number of methoxy groups -OCH3 is 2. The topological polar surface area (TPSA) is 57.1 Å². The van der Waals surface area contributed by atoms with Crippen LogP contribution >= 0.6 is 0 Å². The second kappa shape index (κ2) is 8.71. The molecule has 0 radical (unpaired) electrons. The molecule has 2 rings (SSSR count). The smallest absolute Gasteiger partial charge is 0.315 e. The highest BCUT2D eigenvalue weighted by molar-refractivity contribution is 6.13. The van der Waals surface area contributed by atoms with E-state index in [4.69, 9.17) is 14.2 Å². The summed E-state index contributed by atoms with van der Waals surface area (Å²) in [4.78, 5) is 17.2. The largest absolute Gasteiger partial charge is 0.493 e. The van der Waals surface area contributed by atoms with Gasteiger partial charge in [-0.2, -0.15) is 0 Å². The van der Waals surface area contributed by atoms with Gasteiger partial charge in [0, 0.05) is 12.1 Å². The lowest BCUT2D eigenvalue weighted by Crippen LogP contribution is -2.30. The number of esters is 1. The van der Waals surface area contributed by atoms with Crippen LogP contribution in [0.25, 0.3) is 0 Å². The summed E-state index contributed by atoms with van der Waals surface area (Å²) < 4.78 is 16.1. The molecule has 0 saturated heterocycles. The van der Waals surface area contributed by atoms with Gasteiger partial charge in [0.1, 0.15) is 0 Å². The Morgan fingerprint density at radius 1 is 1.21 bits per heavy atom. The normalized spacial score (nSPS) is 14.4. The number of fused-ring (bicyclic) bond motifs is 1. The van der Waals surface area contributed by atoms with Gasteiger partial charge in [0.25, 0.3) is 0 Å². The molecule has 5 heteroatoms. The van der Waals surface area contributed by atoms with E-state index in [1.165, 1.54) is 0 Å². The molecule has 0 amide bonds. The molecule has 0 bridgehead atoms. The van der Waals surface area contributed by atoms with Gasteiger partial charge < -0.3 is 14.2 Å². The Bertz CT molecular complexity index is 610. The molecule has 0 spiro atoms. The zero-order chi connectivity index (χ0) is 17.5. The van der Waals surface area contributed by atoms with E-state index in [0.717, 1.165) is 42.5 Å². The van der Waals surface area contributed by atoms with Crippen molar-refractivity contribution in [3.8, 4) is 11.5 Å². The molecule has 1 aliphatic rings. The third-order valence-corrected chi connectivity index (χ3v) is 4.30. The van der Waals surface area contributed by atoms with Gasteiger partial charge in [0.05, 0.1) is 32.5 Å². The number of rotatable bonds is 8. The van der Waals surface area contributed by atoms with E-state index in [1.807, 2.05) is 19.1 Å². The van der Waals surface area contributed by atoms with Gasteiger partial charge in [0.15, 0.2) is 11.5 Å². The van der Waals surface area contributed by atoms with Gasteiger partial charge in [-0.1, -0.05) is 19.8 Å². The van der Waals surface area contributed by atoms with E-state index in [-0.39, 0.29) is 11.9 Å². The molecule has 0 aromatic heterocycles. The summed E-state index contributed by atoms with van der Waals surface area (Å²) in [7, 11) is 3.24. The third kappa shape index (κ3) is 3.89. The first-order valence-electron chi connectivity index (χ1n) is 8.62. The molecule has 1 unspecified atom stereocenters. The zero-order valence-electron chi connectivity index (χ0n) is 15.1. The van der Waals surface area contributed by atoms with Crippen LogP contribution in [-0.4, -0.2) is 39.1 Å².